The molecular formula is C12H22N2. The molecule has 2 nitrogen and oxygen atoms in total. The highest BCUT2D eigenvalue weighted by molar-refractivity contribution is 5.01. The average molecular weight is 194 g/mol. The van der Waals surface area contributed by atoms with Gasteiger partial charge in [-0.2, -0.15) is 0 Å². The molecule has 1 heterocycles. The molecule has 1 aliphatic rings. The first-order valence-electron chi connectivity index (χ1n) is 5.76. The van der Waals surface area contributed by atoms with Crippen molar-refractivity contribution >= 4 is 0 Å². The van der Waals surface area contributed by atoms with Gasteiger partial charge >= 0.3 is 0 Å². The van der Waals surface area contributed by atoms with Crippen LogP contribution < -0.4 is 5.32 Å². The number of hydrogen-bond donors (Lipinski definition) is 1. The Morgan fingerprint density at radius 2 is 2.36 bits per heavy atom. The summed E-state index contributed by atoms with van der Waals surface area (Å²) in [5, 5.41) is 3.44. The smallest absolute Gasteiger partial charge is 0.0712 e. The number of rotatable bonds is 4. The van der Waals surface area contributed by atoms with Crippen molar-refractivity contribution in [2.75, 3.05) is 19.6 Å². The molecule has 80 valence electrons. The lowest BCUT2D eigenvalue weighted by molar-refractivity contribution is 0.144. The maximum absolute atomic E-state index is 5.55. The summed E-state index contributed by atoms with van der Waals surface area (Å²) in [6.07, 6.45) is 9.18. The van der Waals surface area contributed by atoms with Crippen LogP contribution in [0, 0.1) is 12.3 Å². The van der Waals surface area contributed by atoms with Crippen molar-refractivity contribution < 1.29 is 0 Å². The average Bonchev–Trinajstić information content (AvgIpc) is 2.27. The van der Waals surface area contributed by atoms with Gasteiger partial charge in [-0.3, -0.25) is 4.90 Å². The zero-order chi connectivity index (χ0) is 10.4. The Morgan fingerprint density at radius 1 is 1.57 bits per heavy atom. The SMILES string of the molecule is C#CC(CC)N(CC)C1CCCNC1. The van der Waals surface area contributed by atoms with Crippen LogP contribution in [0.4, 0.5) is 0 Å². The van der Waals surface area contributed by atoms with Gasteiger partial charge in [0.05, 0.1) is 6.04 Å². The third-order valence-electron chi connectivity index (χ3n) is 3.08. The third kappa shape index (κ3) is 2.73. The molecule has 0 bridgehead atoms. The molecule has 0 aromatic carbocycles. The van der Waals surface area contributed by atoms with Crippen molar-refractivity contribution in [1.82, 2.24) is 10.2 Å². The summed E-state index contributed by atoms with van der Waals surface area (Å²) in [7, 11) is 0. The number of nitrogens with one attached hydrogen (secondary N) is 1. The minimum absolute atomic E-state index is 0.324. The lowest BCUT2D eigenvalue weighted by atomic mass is 10.0. The van der Waals surface area contributed by atoms with E-state index in [2.05, 4.69) is 30.0 Å². The lowest BCUT2D eigenvalue weighted by Crippen LogP contribution is -2.49. The van der Waals surface area contributed by atoms with E-state index in [4.69, 9.17) is 6.42 Å². The van der Waals surface area contributed by atoms with E-state index in [0.717, 1.165) is 19.5 Å². The molecule has 2 unspecified atom stereocenters. The zero-order valence-electron chi connectivity index (χ0n) is 9.42. The van der Waals surface area contributed by atoms with Crippen LogP contribution in [-0.2, 0) is 0 Å². The van der Waals surface area contributed by atoms with E-state index in [1.165, 1.54) is 19.4 Å². The number of likely N-dealkylation sites (N-methyl/N-ethyl adjacent to an activating group) is 1. The Bertz CT molecular complexity index is 189. The van der Waals surface area contributed by atoms with E-state index in [1.807, 2.05) is 0 Å². The summed E-state index contributed by atoms with van der Waals surface area (Å²) >= 11 is 0. The molecule has 0 aliphatic carbocycles. The Morgan fingerprint density at radius 3 is 2.79 bits per heavy atom. The second-order valence-electron chi connectivity index (χ2n) is 3.92. The molecule has 1 rings (SSSR count). The lowest BCUT2D eigenvalue weighted by Gasteiger charge is -2.37. The third-order valence-corrected chi connectivity index (χ3v) is 3.08. The van der Waals surface area contributed by atoms with Gasteiger partial charge in [-0.25, -0.2) is 0 Å². The minimum Gasteiger partial charge on any atom is -0.315 e. The molecular weight excluding hydrogens is 172 g/mol. The topological polar surface area (TPSA) is 15.3 Å². The maximum Gasteiger partial charge on any atom is 0.0712 e. The molecule has 14 heavy (non-hydrogen) atoms. The van der Waals surface area contributed by atoms with E-state index >= 15 is 0 Å². The summed E-state index contributed by atoms with van der Waals surface area (Å²) in [5.41, 5.74) is 0. The summed E-state index contributed by atoms with van der Waals surface area (Å²) < 4.78 is 0. The van der Waals surface area contributed by atoms with Crippen molar-refractivity contribution in [3.8, 4) is 12.3 Å². The Kier molecular flexibility index (Phi) is 5.00. The van der Waals surface area contributed by atoms with E-state index in [-0.39, 0.29) is 0 Å². The molecule has 0 saturated carbocycles. The molecule has 2 heteroatoms. The summed E-state index contributed by atoms with van der Waals surface area (Å²) in [6, 6.07) is 0.972. The van der Waals surface area contributed by atoms with E-state index in [0.29, 0.717) is 12.1 Å². The fourth-order valence-electron chi connectivity index (χ4n) is 2.30. The highest BCUT2D eigenvalue weighted by Gasteiger charge is 2.23. The van der Waals surface area contributed by atoms with Gasteiger partial charge in [0, 0.05) is 12.6 Å². The molecule has 1 saturated heterocycles. The molecule has 1 fully saturated rings. The van der Waals surface area contributed by atoms with Crippen LogP contribution in [-0.4, -0.2) is 36.6 Å². The molecule has 1 N–H and O–H groups in total. The predicted octanol–water partition coefficient (Wildman–Crippen LogP) is 1.47. The first kappa shape index (κ1) is 11.6. The second-order valence-corrected chi connectivity index (χ2v) is 3.92. The number of piperidine rings is 1. The van der Waals surface area contributed by atoms with Crippen molar-refractivity contribution in [3.63, 3.8) is 0 Å². The standard InChI is InChI=1S/C12H22N2/c1-4-11(5-2)14(6-3)12-8-7-9-13-10-12/h1,11-13H,5-10H2,2-3H3. The molecule has 2 atom stereocenters. The van der Waals surface area contributed by atoms with E-state index < -0.39 is 0 Å². The fraction of sp³-hybridized carbons (Fsp3) is 0.833. The zero-order valence-corrected chi connectivity index (χ0v) is 9.42. The molecule has 1 aliphatic heterocycles. The Balaban J connectivity index is 2.55. The maximum atomic E-state index is 5.55. The van der Waals surface area contributed by atoms with Gasteiger partial charge in [-0.05, 0) is 32.4 Å². The summed E-state index contributed by atoms with van der Waals surface area (Å²) in [6.45, 7) is 7.71. The summed E-state index contributed by atoms with van der Waals surface area (Å²) in [5.74, 6) is 2.90. The molecule has 0 amide bonds. The van der Waals surface area contributed by atoms with Gasteiger partial charge in [-0.15, -0.1) is 6.42 Å². The van der Waals surface area contributed by atoms with Gasteiger partial charge in [0.1, 0.15) is 0 Å². The van der Waals surface area contributed by atoms with Crippen molar-refractivity contribution in [2.45, 2.75) is 45.2 Å². The van der Waals surface area contributed by atoms with Crippen LogP contribution in [0.3, 0.4) is 0 Å². The first-order valence-corrected chi connectivity index (χ1v) is 5.76. The van der Waals surface area contributed by atoms with Crippen LogP contribution in [0.5, 0.6) is 0 Å². The molecule has 0 aromatic rings. The second kappa shape index (κ2) is 6.06. The summed E-state index contributed by atoms with van der Waals surface area (Å²) in [4.78, 5) is 2.46. The van der Waals surface area contributed by atoms with E-state index in [9.17, 15) is 0 Å². The van der Waals surface area contributed by atoms with Crippen molar-refractivity contribution in [1.29, 1.82) is 0 Å². The normalized spacial score (nSPS) is 24.6. The Hall–Kier alpha value is -0.520. The molecule has 0 radical (unpaired) electrons. The number of hydrogen-bond acceptors (Lipinski definition) is 2. The molecule has 0 spiro atoms. The van der Waals surface area contributed by atoms with Crippen molar-refractivity contribution in [2.24, 2.45) is 0 Å². The Labute approximate surface area is 88.1 Å². The van der Waals surface area contributed by atoms with Crippen LogP contribution in [0.1, 0.15) is 33.1 Å². The predicted molar refractivity (Wildman–Crippen MR) is 61.2 cm³/mol. The van der Waals surface area contributed by atoms with E-state index in [1.54, 1.807) is 0 Å². The van der Waals surface area contributed by atoms with Gasteiger partial charge in [0.2, 0.25) is 0 Å². The number of nitrogens with zero attached hydrogens (tertiary/aromatic N) is 1. The van der Waals surface area contributed by atoms with Crippen LogP contribution in [0.15, 0.2) is 0 Å². The fourth-order valence-corrected chi connectivity index (χ4v) is 2.30. The highest BCUT2D eigenvalue weighted by atomic mass is 15.2. The first-order chi connectivity index (χ1) is 6.83. The quantitative estimate of drug-likeness (QED) is 0.682. The molecule has 0 aromatic heterocycles. The van der Waals surface area contributed by atoms with Crippen LogP contribution >= 0.6 is 0 Å². The van der Waals surface area contributed by atoms with Gasteiger partial charge < -0.3 is 5.32 Å². The van der Waals surface area contributed by atoms with Gasteiger partial charge in [0.15, 0.2) is 0 Å². The number of terminal acetylenes is 1. The van der Waals surface area contributed by atoms with Crippen molar-refractivity contribution in [3.05, 3.63) is 0 Å². The van der Waals surface area contributed by atoms with Gasteiger partial charge in [-0.1, -0.05) is 19.8 Å². The van der Waals surface area contributed by atoms with Crippen LogP contribution in [0.25, 0.3) is 0 Å². The largest absolute Gasteiger partial charge is 0.315 e. The monoisotopic (exact) mass is 194 g/mol. The van der Waals surface area contributed by atoms with Crippen LogP contribution in [0.2, 0.25) is 0 Å². The van der Waals surface area contributed by atoms with Gasteiger partial charge in [0.25, 0.3) is 0 Å². The highest BCUT2D eigenvalue weighted by Crippen LogP contribution is 2.14. The minimum atomic E-state index is 0.324.